The van der Waals surface area contributed by atoms with Crippen LogP contribution in [-0.4, -0.2) is 5.11 Å². The van der Waals surface area contributed by atoms with Gasteiger partial charge < -0.3 is 10.4 Å². The zero-order valence-corrected chi connectivity index (χ0v) is 12.5. The highest BCUT2D eigenvalue weighted by Crippen LogP contribution is 2.20. The molecule has 0 aliphatic rings. The number of benzene rings is 2. The molecule has 0 heterocycles. The molecule has 0 saturated carbocycles. The highest BCUT2D eigenvalue weighted by molar-refractivity contribution is 9.10. The number of nitrogens with one attached hydrogen (secondary N) is 1. The van der Waals surface area contributed by atoms with Crippen LogP contribution in [0.2, 0.25) is 0 Å². The maximum absolute atomic E-state index is 9.45. The Kier molecular flexibility index (Phi) is 5.00. The average molecular weight is 320 g/mol. The first-order chi connectivity index (χ1) is 9.19. The smallest absolute Gasteiger partial charge is 0.115 e. The van der Waals surface area contributed by atoms with Crippen LogP contribution in [0.25, 0.3) is 0 Å². The van der Waals surface area contributed by atoms with E-state index in [1.807, 2.05) is 12.1 Å². The molecule has 19 heavy (non-hydrogen) atoms. The first-order valence-electron chi connectivity index (χ1n) is 6.46. The summed E-state index contributed by atoms with van der Waals surface area (Å²) in [6.45, 7) is 2.92. The zero-order chi connectivity index (χ0) is 13.7. The van der Waals surface area contributed by atoms with E-state index in [1.54, 1.807) is 12.1 Å². The lowest BCUT2D eigenvalue weighted by atomic mass is 10.0. The number of hydrogen-bond donors (Lipinski definition) is 2. The molecule has 0 aliphatic carbocycles. The van der Waals surface area contributed by atoms with Gasteiger partial charge in [-0.1, -0.05) is 47.1 Å². The average Bonchev–Trinajstić information content (AvgIpc) is 2.41. The minimum absolute atomic E-state index is 0.316. The Morgan fingerprint density at radius 1 is 1.16 bits per heavy atom. The van der Waals surface area contributed by atoms with Crippen molar-refractivity contribution >= 4 is 15.9 Å². The predicted octanol–water partition coefficient (Wildman–Crippen LogP) is 4.40. The van der Waals surface area contributed by atoms with Crippen molar-refractivity contribution in [2.45, 2.75) is 25.9 Å². The number of hydrogen-bond acceptors (Lipinski definition) is 2. The van der Waals surface area contributed by atoms with Crippen molar-refractivity contribution in [1.82, 2.24) is 5.32 Å². The van der Waals surface area contributed by atoms with Crippen LogP contribution < -0.4 is 5.32 Å². The van der Waals surface area contributed by atoms with Crippen molar-refractivity contribution in [2.24, 2.45) is 0 Å². The van der Waals surface area contributed by atoms with Crippen LogP contribution in [0.3, 0.4) is 0 Å². The van der Waals surface area contributed by atoms with Crippen LogP contribution >= 0.6 is 15.9 Å². The summed E-state index contributed by atoms with van der Waals surface area (Å²) in [5, 5.41) is 13.0. The molecule has 2 aromatic rings. The highest BCUT2D eigenvalue weighted by Gasteiger charge is 2.08. The van der Waals surface area contributed by atoms with Crippen molar-refractivity contribution in [3.05, 3.63) is 64.1 Å². The van der Waals surface area contributed by atoms with Crippen LogP contribution in [0.15, 0.2) is 53.0 Å². The lowest BCUT2D eigenvalue weighted by molar-refractivity contribution is 0.472. The van der Waals surface area contributed by atoms with Gasteiger partial charge in [0.2, 0.25) is 0 Å². The van der Waals surface area contributed by atoms with E-state index in [9.17, 15) is 5.11 Å². The molecule has 2 nitrogen and oxygen atoms in total. The van der Waals surface area contributed by atoms with Gasteiger partial charge in [-0.2, -0.15) is 0 Å². The Morgan fingerprint density at radius 2 is 1.89 bits per heavy atom. The molecular formula is C16H18BrNO. The molecular weight excluding hydrogens is 302 g/mol. The van der Waals surface area contributed by atoms with Gasteiger partial charge in [-0.3, -0.25) is 0 Å². The second kappa shape index (κ2) is 6.73. The second-order valence-electron chi connectivity index (χ2n) is 4.56. The molecule has 0 bridgehead atoms. The van der Waals surface area contributed by atoms with Crippen molar-refractivity contribution in [3.8, 4) is 5.75 Å². The number of phenols is 1. The van der Waals surface area contributed by atoms with Crippen molar-refractivity contribution in [2.75, 3.05) is 0 Å². The fraction of sp³-hybridized carbons (Fsp3) is 0.250. The quantitative estimate of drug-likeness (QED) is 0.856. The minimum atomic E-state index is 0.316. The van der Waals surface area contributed by atoms with E-state index in [-0.39, 0.29) is 0 Å². The summed E-state index contributed by atoms with van der Waals surface area (Å²) in [5.41, 5.74) is 2.38. The molecule has 100 valence electrons. The minimum Gasteiger partial charge on any atom is -0.508 e. The molecule has 1 atom stereocenters. The molecule has 0 aliphatic heterocycles. The number of halogens is 1. The van der Waals surface area contributed by atoms with Gasteiger partial charge in [-0.25, -0.2) is 0 Å². The third-order valence-corrected chi connectivity index (χ3v) is 3.67. The number of rotatable bonds is 5. The van der Waals surface area contributed by atoms with E-state index in [0.717, 1.165) is 23.0 Å². The van der Waals surface area contributed by atoms with Gasteiger partial charge in [-0.15, -0.1) is 0 Å². The lowest BCUT2D eigenvalue weighted by Crippen LogP contribution is -2.20. The van der Waals surface area contributed by atoms with E-state index in [0.29, 0.717) is 11.8 Å². The molecule has 0 radical (unpaired) electrons. The maximum atomic E-state index is 9.45. The SMILES string of the molecule is CCC(NCc1cccc(O)c1)c1ccc(Br)cc1. The summed E-state index contributed by atoms with van der Waals surface area (Å²) in [7, 11) is 0. The van der Waals surface area contributed by atoms with E-state index in [4.69, 9.17) is 0 Å². The van der Waals surface area contributed by atoms with Crippen LogP contribution in [0.4, 0.5) is 0 Å². The fourth-order valence-corrected chi connectivity index (χ4v) is 2.36. The summed E-state index contributed by atoms with van der Waals surface area (Å²) in [6.07, 6.45) is 1.03. The van der Waals surface area contributed by atoms with E-state index < -0.39 is 0 Å². The second-order valence-corrected chi connectivity index (χ2v) is 5.48. The van der Waals surface area contributed by atoms with Crippen LogP contribution in [0, 0.1) is 0 Å². The highest BCUT2D eigenvalue weighted by atomic mass is 79.9. The van der Waals surface area contributed by atoms with E-state index >= 15 is 0 Å². The maximum Gasteiger partial charge on any atom is 0.115 e. The Balaban J connectivity index is 2.01. The summed E-state index contributed by atoms with van der Waals surface area (Å²) >= 11 is 3.45. The molecule has 0 aromatic heterocycles. The lowest BCUT2D eigenvalue weighted by Gasteiger charge is -2.17. The molecule has 0 saturated heterocycles. The Bertz CT molecular complexity index is 525. The monoisotopic (exact) mass is 319 g/mol. The zero-order valence-electron chi connectivity index (χ0n) is 10.9. The van der Waals surface area contributed by atoms with Crippen molar-refractivity contribution in [1.29, 1.82) is 0 Å². The van der Waals surface area contributed by atoms with Gasteiger partial charge in [0.1, 0.15) is 5.75 Å². The largest absolute Gasteiger partial charge is 0.508 e. The van der Waals surface area contributed by atoms with Crippen LogP contribution in [0.5, 0.6) is 5.75 Å². The predicted molar refractivity (Wildman–Crippen MR) is 82.1 cm³/mol. The summed E-state index contributed by atoms with van der Waals surface area (Å²) in [6, 6.07) is 16.1. The van der Waals surface area contributed by atoms with Gasteiger partial charge in [-0.05, 0) is 41.8 Å². The van der Waals surface area contributed by atoms with Crippen molar-refractivity contribution < 1.29 is 5.11 Å². The normalized spacial score (nSPS) is 12.3. The van der Waals surface area contributed by atoms with Gasteiger partial charge in [0.25, 0.3) is 0 Å². The Morgan fingerprint density at radius 3 is 2.53 bits per heavy atom. The summed E-state index contributed by atoms with van der Waals surface area (Å²) in [4.78, 5) is 0. The van der Waals surface area contributed by atoms with Gasteiger partial charge in [0.05, 0.1) is 0 Å². The molecule has 2 N–H and O–H groups in total. The standard InChI is InChI=1S/C16H18BrNO/c1-2-16(13-6-8-14(17)9-7-13)18-11-12-4-3-5-15(19)10-12/h3-10,16,18-19H,2,11H2,1H3. The van der Waals surface area contributed by atoms with Gasteiger partial charge in [0.15, 0.2) is 0 Å². The summed E-state index contributed by atoms with van der Waals surface area (Å²) < 4.78 is 1.10. The molecule has 3 heteroatoms. The topological polar surface area (TPSA) is 32.3 Å². The van der Waals surface area contributed by atoms with Crippen LogP contribution in [0.1, 0.15) is 30.5 Å². The van der Waals surface area contributed by atoms with Crippen LogP contribution in [-0.2, 0) is 6.54 Å². The fourth-order valence-electron chi connectivity index (χ4n) is 2.10. The molecule has 0 amide bonds. The Labute approximate surface area is 122 Å². The summed E-state index contributed by atoms with van der Waals surface area (Å²) in [5.74, 6) is 0.316. The molecule has 1 unspecified atom stereocenters. The molecule has 0 spiro atoms. The first-order valence-corrected chi connectivity index (χ1v) is 7.25. The Hall–Kier alpha value is -1.32. The molecule has 2 aromatic carbocycles. The third-order valence-electron chi connectivity index (χ3n) is 3.14. The number of phenolic OH excluding ortho intramolecular Hbond substituents is 1. The van der Waals surface area contributed by atoms with Crippen molar-refractivity contribution in [3.63, 3.8) is 0 Å². The van der Waals surface area contributed by atoms with E-state index in [2.05, 4.69) is 52.4 Å². The van der Waals surface area contributed by atoms with Gasteiger partial charge >= 0.3 is 0 Å². The third kappa shape index (κ3) is 4.08. The molecule has 2 rings (SSSR count). The van der Waals surface area contributed by atoms with E-state index in [1.165, 1.54) is 5.56 Å². The first kappa shape index (κ1) is 14.1. The van der Waals surface area contributed by atoms with Gasteiger partial charge in [0, 0.05) is 17.1 Å². The molecule has 0 fully saturated rings. The number of aromatic hydroxyl groups is 1.